The lowest BCUT2D eigenvalue weighted by atomic mass is 9.88. The Balaban J connectivity index is 2.63. The molecule has 0 radical (unpaired) electrons. The monoisotopic (exact) mass is 267 g/mol. The first-order chi connectivity index (χ1) is 8.69. The molecule has 1 unspecified atom stereocenters. The molecule has 0 saturated carbocycles. The molecule has 0 fully saturated rings. The molecule has 0 aliphatic heterocycles. The Morgan fingerprint density at radius 1 is 1.47 bits per heavy atom. The van der Waals surface area contributed by atoms with Crippen molar-refractivity contribution in [2.24, 2.45) is 12.5 Å². The van der Waals surface area contributed by atoms with Crippen LogP contribution in [-0.4, -0.2) is 32.8 Å². The predicted molar refractivity (Wildman–Crippen MR) is 70.8 cm³/mol. The smallest absolute Gasteiger partial charge is 0.326 e. The summed E-state index contributed by atoms with van der Waals surface area (Å²) >= 11 is 0. The molecule has 0 aliphatic carbocycles. The highest BCUT2D eigenvalue weighted by Crippen LogP contribution is 2.21. The number of aryl methyl sites for hydroxylation is 1. The van der Waals surface area contributed by atoms with Crippen LogP contribution in [0, 0.1) is 5.41 Å². The molecule has 2 N–H and O–H groups in total. The van der Waals surface area contributed by atoms with Crippen LogP contribution in [0.2, 0.25) is 0 Å². The van der Waals surface area contributed by atoms with E-state index >= 15 is 0 Å². The van der Waals surface area contributed by atoms with E-state index in [2.05, 4.69) is 10.4 Å². The third kappa shape index (κ3) is 5.11. The summed E-state index contributed by atoms with van der Waals surface area (Å²) < 4.78 is 1.50. The number of carbonyl (C=O) groups excluding carboxylic acids is 1. The zero-order valence-electron chi connectivity index (χ0n) is 11.8. The Labute approximate surface area is 112 Å². The van der Waals surface area contributed by atoms with Crippen LogP contribution >= 0.6 is 0 Å². The van der Waals surface area contributed by atoms with Gasteiger partial charge in [0.15, 0.2) is 0 Å². The number of aliphatic carboxylic acids is 1. The first kappa shape index (κ1) is 15.2. The van der Waals surface area contributed by atoms with Crippen molar-refractivity contribution in [1.29, 1.82) is 0 Å². The van der Waals surface area contributed by atoms with Crippen LogP contribution in [0.4, 0.5) is 0 Å². The van der Waals surface area contributed by atoms with Crippen LogP contribution in [0.5, 0.6) is 0 Å². The van der Waals surface area contributed by atoms with Gasteiger partial charge in [0.05, 0.1) is 11.8 Å². The van der Waals surface area contributed by atoms with Crippen molar-refractivity contribution < 1.29 is 14.7 Å². The highest BCUT2D eigenvalue weighted by Gasteiger charge is 2.23. The summed E-state index contributed by atoms with van der Waals surface area (Å²) in [7, 11) is 1.70. The average Bonchev–Trinajstić information content (AvgIpc) is 2.69. The van der Waals surface area contributed by atoms with Crippen molar-refractivity contribution in [3.05, 3.63) is 18.0 Å². The Kier molecular flexibility index (Phi) is 4.69. The molecular weight excluding hydrogens is 246 g/mol. The Morgan fingerprint density at radius 3 is 2.53 bits per heavy atom. The molecule has 0 spiro atoms. The van der Waals surface area contributed by atoms with Gasteiger partial charge in [0, 0.05) is 13.2 Å². The molecule has 19 heavy (non-hydrogen) atoms. The van der Waals surface area contributed by atoms with Crippen molar-refractivity contribution in [3.63, 3.8) is 0 Å². The van der Waals surface area contributed by atoms with Crippen molar-refractivity contribution in [2.45, 2.75) is 39.7 Å². The fourth-order valence-electron chi connectivity index (χ4n) is 1.61. The second-order valence-electron chi connectivity index (χ2n) is 5.87. The maximum atomic E-state index is 11.9. The number of rotatable bonds is 5. The van der Waals surface area contributed by atoms with Crippen LogP contribution in [0.15, 0.2) is 12.4 Å². The number of hydrogen-bond acceptors (Lipinski definition) is 3. The van der Waals surface area contributed by atoms with Crippen LogP contribution < -0.4 is 5.32 Å². The van der Waals surface area contributed by atoms with E-state index in [0.29, 0.717) is 12.0 Å². The molecule has 6 nitrogen and oxygen atoms in total. The lowest BCUT2D eigenvalue weighted by Crippen LogP contribution is -2.41. The second-order valence-corrected chi connectivity index (χ2v) is 5.87. The number of amides is 1. The molecule has 1 aromatic rings. The van der Waals surface area contributed by atoms with Gasteiger partial charge in [0.1, 0.15) is 6.04 Å². The highest BCUT2D eigenvalue weighted by molar-refractivity contribution is 5.96. The molecule has 1 heterocycles. The Hall–Kier alpha value is -1.85. The van der Waals surface area contributed by atoms with E-state index in [-0.39, 0.29) is 5.41 Å². The van der Waals surface area contributed by atoms with Crippen molar-refractivity contribution >= 4 is 11.9 Å². The fourth-order valence-corrected chi connectivity index (χ4v) is 1.61. The van der Waals surface area contributed by atoms with Gasteiger partial charge >= 0.3 is 5.97 Å². The highest BCUT2D eigenvalue weighted by atomic mass is 16.4. The number of aromatic nitrogens is 2. The Morgan fingerprint density at radius 2 is 2.11 bits per heavy atom. The van der Waals surface area contributed by atoms with Gasteiger partial charge in [-0.15, -0.1) is 0 Å². The van der Waals surface area contributed by atoms with E-state index in [9.17, 15) is 9.59 Å². The number of carboxylic acids is 1. The number of carboxylic acid groups (broad SMARTS) is 1. The topological polar surface area (TPSA) is 84.2 Å². The summed E-state index contributed by atoms with van der Waals surface area (Å²) in [5.74, 6) is -1.42. The minimum absolute atomic E-state index is 0.0345. The molecule has 0 bridgehead atoms. The summed E-state index contributed by atoms with van der Waals surface area (Å²) in [5.41, 5.74) is 0.400. The van der Waals surface area contributed by atoms with Gasteiger partial charge in [-0.25, -0.2) is 4.79 Å². The van der Waals surface area contributed by atoms with E-state index in [0.717, 1.165) is 6.42 Å². The molecule has 106 valence electrons. The maximum Gasteiger partial charge on any atom is 0.326 e. The molecule has 1 aromatic heterocycles. The molecule has 6 heteroatoms. The van der Waals surface area contributed by atoms with Crippen LogP contribution in [0.1, 0.15) is 44.0 Å². The zero-order valence-corrected chi connectivity index (χ0v) is 11.8. The second kappa shape index (κ2) is 5.86. The number of nitrogens with one attached hydrogen (secondary N) is 1. The minimum atomic E-state index is -1.01. The lowest BCUT2D eigenvalue weighted by Gasteiger charge is -2.21. The molecule has 0 saturated heterocycles. The molecular formula is C13H21N3O3. The van der Waals surface area contributed by atoms with Crippen LogP contribution in [0.25, 0.3) is 0 Å². The third-order valence-electron chi connectivity index (χ3n) is 2.75. The maximum absolute atomic E-state index is 11.9. The molecule has 0 aromatic carbocycles. The summed E-state index contributed by atoms with van der Waals surface area (Å²) in [6, 6.07) is -0.869. The summed E-state index contributed by atoms with van der Waals surface area (Å²) in [4.78, 5) is 23.0. The van der Waals surface area contributed by atoms with E-state index in [1.807, 2.05) is 20.8 Å². The molecule has 1 amide bonds. The quantitative estimate of drug-likeness (QED) is 0.845. The van der Waals surface area contributed by atoms with Gasteiger partial charge in [0.2, 0.25) is 0 Å². The SMILES string of the molecule is Cn1cc(C(=O)NC(CCC(C)(C)C)C(=O)O)cn1. The van der Waals surface area contributed by atoms with E-state index < -0.39 is 17.9 Å². The Bertz CT molecular complexity index is 460. The number of carbonyl (C=O) groups is 2. The molecule has 1 atom stereocenters. The zero-order chi connectivity index (χ0) is 14.6. The predicted octanol–water partition coefficient (Wildman–Crippen LogP) is 1.43. The number of nitrogens with zero attached hydrogens (tertiary/aromatic N) is 2. The summed E-state index contributed by atoms with van der Waals surface area (Å²) in [6.45, 7) is 6.11. The first-order valence-corrected chi connectivity index (χ1v) is 6.21. The minimum Gasteiger partial charge on any atom is -0.480 e. The van der Waals surface area contributed by atoms with Crippen LogP contribution in [0.3, 0.4) is 0 Å². The standard InChI is InChI=1S/C13H21N3O3/c1-13(2,3)6-5-10(12(18)19)15-11(17)9-7-14-16(4)8-9/h7-8,10H,5-6H2,1-4H3,(H,15,17)(H,18,19). The van der Waals surface area contributed by atoms with Gasteiger partial charge in [0.25, 0.3) is 5.91 Å². The first-order valence-electron chi connectivity index (χ1n) is 6.21. The third-order valence-corrected chi connectivity index (χ3v) is 2.75. The van der Waals surface area contributed by atoms with Gasteiger partial charge in [-0.3, -0.25) is 9.48 Å². The van der Waals surface area contributed by atoms with E-state index in [1.165, 1.54) is 10.9 Å². The fraction of sp³-hybridized carbons (Fsp3) is 0.615. The lowest BCUT2D eigenvalue weighted by molar-refractivity contribution is -0.139. The van der Waals surface area contributed by atoms with Crippen LogP contribution in [-0.2, 0) is 11.8 Å². The molecule has 1 rings (SSSR count). The van der Waals surface area contributed by atoms with Crippen molar-refractivity contribution in [1.82, 2.24) is 15.1 Å². The number of hydrogen-bond donors (Lipinski definition) is 2. The van der Waals surface area contributed by atoms with Crippen molar-refractivity contribution in [2.75, 3.05) is 0 Å². The largest absolute Gasteiger partial charge is 0.480 e. The summed E-state index contributed by atoms with van der Waals surface area (Å²) in [6.07, 6.45) is 4.10. The average molecular weight is 267 g/mol. The van der Waals surface area contributed by atoms with Gasteiger partial charge in [-0.1, -0.05) is 20.8 Å². The van der Waals surface area contributed by atoms with Crippen molar-refractivity contribution in [3.8, 4) is 0 Å². The normalized spacial score (nSPS) is 13.1. The van der Waals surface area contributed by atoms with E-state index in [4.69, 9.17) is 5.11 Å². The summed E-state index contributed by atoms with van der Waals surface area (Å²) in [5, 5.41) is 15.5. The van der Waals surface area contributed by atoms with Gasteiger partial charge in [-0.2, -0.15) is 5.10 Å². The van der Waals surface area contributed by atoms with Gasteiger partial charge in [-0.05, 0) is 18.3 Å². The molecule has 0 aliphatic rings. The van der Waals surface area contributed by atoms with Gasteiger partial charge < -0.3 is 10.4 Å². The van der Waals surface area contributed by atoms with E-state index in [1.54, 1.807) is 13.2 Å².